The largest absolute Gasteiger partial charge is 0.493 e. The number of hydrogen-bond acceptors (Lipinski definition) is 4. The second kappa shape index (κ2) is 6.16. The summed E-state index contributed by atoms with van der Waals surface area (Å²) in [7, 11) is 0. The van der Waals surface area contributed by atoms with Gasteiger partial charge in [-0.3, -0.25) is 9.69 Å². The zero-order valence-electron chi connectivity index (χ0n) is 12.5. The summed E-state index contributed by atoms with van der Waals surface area (Å²) in [6.45, 7) is 4.68. The molecule has 0 amide bonds. The summed E-state index contributed by atoms with van der Waals surface area (Å²) < 4.78 is 5.53. The molecule has 4 nitrogen and oxygen atoms in total. The van der Waals surface area contributed by atoms with E-state index in [1.807, 2.05) is 31.2 Å². The number of carbonyl (C=O) groups excluding carboxylic acids is 1. The molecule has 0 radical (unpaired) electrons. The van der Waals surface area contributed by atoms with Crippen LogP contribution in [0, 0.1) is 11.8 Å². The van der Waals surface area contributed by atoms with Crippen molar-refractivity contribution in [2.75, 3.05) is 26.2 Å². The Labute approximate surface area is 125 Å². The Balaban J connectivity index is 1.65. The van der Waals surface area contributed by atoms with E-state index in [1.165, 1.54) is 0 Å². The van der Waals surface area contributed by atoms with Crippen LogP contribution in [0.25, 0.3) is 0 Å². The van der Waals surface area contributed by atoms with Gasteiger partial charge in [0.15, 0.2) is 5.78 Å². The van der Waals surface area contributed by atoms with Crippen molar-refractivity contribution in [3.8, 4) is 5.75 Å². The third kappa shape index (κ3) is 2.97. The van der Waals surface area contributed by atoms with Gasteiger partial charge in [-0.25, -0.2) is 0 Å². The summed E-state index contributed by atoms with van der Waals surface area (Å²) in [4.78, 5) is 14.7. The summed E-state index contributed by atoms with van der Waals surface area (Å²) in [5.74, 6) is 1.70. The molecule has 3 rings (SSSR count). The number of carbonyl (C=O) groups is 1. The molecule has 1 aromatic carbocycles. The number of aliphatic hydroxyl groups is 1. The quantitative estimate of drug-likeness (QED) is 0.842. The lowest BCUT2D eigenvalue weighted by Crippen LogP contribution is -2.30. The molecule has 1 saturated carbocycles. The summed E-state index contributed by atoms with van der Waals surface area (Å²) in [5, 5.41) is 9.95. The van der Waals surface area contributed by atoms with Gasteiger partial charge >= 0.3 is 0 Å². The topological polar surface area (TPSA) is 49.8 Å². The van der Waals surface area contributed by atoms with E-state index >= 15 is 0 Å². The van der Waals surface area contributed by atoms with Crippen molar-refractivity contribution in [3.05, 3.63) is 29.8 Å². The van der Waals surface area contributed by atoms with Gasteiger partial charge in [0.25, 0.3) is 0 Å². The Hall–Kier alpha value is -1.39. The number of para-hydroxylation sites is 1. The number of Topliss-reactive ketones (excluding diaryl/α,β-unsaturated/α-hetero) is 1. The lowest BCUT2D eigenvalue weighted by molar-refractivity contribution is 0.0916. The first-order valence-corrected chi connectivity index (χ1v) is 7.84. The van der Waals surface area contributed by atoms with Crippen LogP contribution in [-0.4, -0.2) is 48.1 Å². The lowest BCUT2D eigenvalue weighted by atomic mass is 10.00. The first kappa shape index (κ1) is 14.5. The molecule has 1 saturated heterocycles. The number of ether oxygens (including phenoxy) is 1. The Bertz CT molecular complexity index is 517. The van der Waals surface area contributed by atoms with Gasteiger partial charge in [-0.05, 0) is 37.8 Å². The summed E-state index contributed by atoms with van der Waals surface area (Å²) >= 11 is 0. The normalized spacial score (nSPS) is 28.6. The van der Waals surface area contributed by atoms with E-state index in [2.05, 4.69) is 4.90 Å². The SMILES string of the molecule is CCOc1ccccc1C(=O)CN1CC2CCC(O)C2C1. The highest BCUT2D eigenvalue weighted by Gasteiger charge is 2.42. The molecule has 21 heavy (non-hydrogen) atoms. The number of nitrogens with zero attached hydrogens (tertiary/aromatic N) is 1. The zero-order valence-corrected chi connectivity index (χ0v) is 12.5. The highest BCUT2D eigenvalue weighted by molar-refractivity contribution is 6.00. The van der Waals surface area contributed by atoms with Gasteiger partial charge in [0.05, 0.1) is 24.8 Å². The zero-order chi connectivity index (χ0) is 14.8. The van der Waals surface area contributed by atoms with Crippen molar-refractivity contribution >= 4 is 5.78 Å². The van der Waals surface area contributed by atoms with E-state index in [4.69, 9.17) is 4.74 Å². The first-order chi connectivity index (χ1) is 10.2. The van der Waals surface area contributed by atoms with Gasteiger partial charge in [0.2, 0.25) is 0 Å². The minimum Gasteiger partial charge on any atom is -0.493 e. The van der Waals surface area contributed by atoms with Gasteiger partial charge in [-0.2, -0.15) is 0 Å². The molecule has 1 aromatic rings. The minimum absolute atomic E-state index is 0.105. The van der Waals surface area contributed by atoms with Crippen molar-refractivity contribution < 1.29 is 14.6 Å². The average Bonchev–Trinajstić information content (AvgIpc) is 3.02. The second-order valence-electron chi connectivity index (χ2n) is 6.12. The molecule has 1 heterocycles. The van der Waals surface area contributed by atoms with Crippen LogP contribution in [-0.2, 0) is 0 Å². The van der Waals surface area contributed by atoms with Crippen LogP contribution < -0.4 is 4.74 Å². The van der Waals surface area contributed by atoms with E-state index in [-0.39, 0.29) is 11.9 Å². The lowest BCUT2D eigenvalue weighted by Gasteiger charge is -2.18. The Morgan fingerprint density at radius 1 is 1.33 bits per heavy atom. The molecule has 0 aromatic heterocycles. The van der Waals surface area contributed by atoms with Crippen molar-refractivity contribution in [1.82, 2.24) is 4.90 Å². The molecule has 3 unspecified atom stereocenters. The van der Waals surface area contributed by atoms with Crippen LogP contribution in [0.3, 0.4) is 0 Å². The van der Waals surface area contributed by atoms with Crippen molar-refractivity contribution in [2.45, 2.75) is 25.9 Å². The van der Waals surface area contributed by atoms with E-state index in [9.17, 15) is 9.90 Å². The molecule has 1 aliphatic heterocycles. The molecule has 0 bridgehead atoms. The molecular weight excluding hydrogens is 266 g/mol. The summed E-state index contributed by atoms with van der Waals surface area (Å²) in [6.07, 6.45) is 1.84. The second-order valence-corrected chi connectivity index (χ2v) is 6.12. The maximum absolute atomic E-state index is 12.5. The maximum Gasteiger partial charge on any atom is 0.180 e. The number of ketones is 1. The highest BCUT2D eigenvalue weighted by Crippen LogP contribution is 2.38. The molecule has 1 N–H and O–H groups in total. The molecule has 0 spiro atoms. The third-order valence-electron chi connectivity index (χ3n) is 4.75. The Morgan fingerprint density at radius 3 is 2.90 bits per heavy atom. The predicted molar refractivity (Wildman–Crippen MR) is 80.6 cm³/mol. The minimum atomic E-state index is -0.175. The Kier molecular flexibility index (Phi) is 4.27. The highest BCUT2D eigenvalue weighted by atomic mass is 16.5. The molecule has 4 heteroatoms. The van der Waals surface area contributed by atoms with E-state index < -0.39 is 0 Å². The van der Waals surface area contributed by atoms with Gasteiger partial charge in [-0.15, -0.1) is 0 Å². The monoisotopic (exact) mass is 289 g/mol. The van der Waals surface area contributed by atoms with Crippen LogP contribution in [0.15, 0.2) is 24.3 Å². The Morgan fingerprint density at radius 2 is 2.14 bits per heavy atom. The van der Waals surface area contributed by atoms with Crippen molar-refractivity contribution in [1.29, 1.82) is 0 Å². The van der Waals surface area contributed by atoms with Crippen LogP contribution in [0.4, 0.5) is 0 Å². The van der Waals surface area contributed by atoms with E-state index in [0.29, 0.717) is 36.3 Å². The molecule has 2 aliphatic rings. The fraction of sp³-hybridized carbons (Fsp3) is 0.588. The van der Waals surface area contributed by atoms with Gasteiger partial charge in [0.1, 0.15) is 5.75 Å². The average molecular weight is 289 g/mol. The molecule has 1 aliphatic carbocycles. The summed E-state index contributed by atoms with van der Waals surface area (Å²) in [6, 6.07) is 7.44. The summed E-state index contributed by atoms with van der Waals surface area (Å²) in [5.41, 5.74) is 0.664. The third-order valence-corrected chi connectivity index (χ3v) is 4.75. The van der Waals surface area contributed by atoms with Gasteiger partial charge < -0.3 is 9.84 Å². The first-order valence-electron chi connectivity index (χ1n) is 7.84. The number of likely N-dealkylation sites (tertiary alicyclic amines) is 1. The van der Waals surface area contributed by atoms with Crippen LogP contribution in [0.2, 0.25) is 0 Å². The number of aliphatic hydroxyl groups excluding tert-OH is 1. The predicted octanol–water partition coefficient (Wildman–Crippen LogP) is 1.97. The van der Waals surface area contributed by atoms with Crippen LogP contribution >= 0.6 is 0 Å². The number of benzene rings is 1. The smallest absolute Gasteiger partial charge is 0.180 e. The molecule has 114 valence electrons. The van der Waals surface area contributed by atoms with Crippen LogP contribution in [0.1, 0.15) is 30.1 Å². The maximum atomic E-state index is 12.5. The van der Waals surface area contributed by atoms with Gasteiger partial charge in [-0.1, -0.05) is 12.1 Å². The van der Waals surface area contributed by atoms with Crippen LogP contribution in [0.5, 0.6) is 5.75 Å². The fourth-order valence-electron chi connectivity index (χ4n) is 3.72. The number of fused-ring (bicyclic) bond motifs is 1. The van der Waals surface area contributed by atoms with Crippen molar-refractivity contribution in [3.63, 3.8) is 0 Å². The molecule has 3 atom stereocenters. The fourth-order valence-corrected chi connectivity index (χ4v) is 3.72. The number of rotatable bonds is 5. The van der Waals surface area contributed by atoms with Gasteiger partial charge in [0, 0.05) is 19.0 Å². The van der Waals surface area contributed by atoms with E-state index in [0.717, 1.165) is 25.9 Å². The van der Waals surface area contributed by atoms with E-state index in [1.54, 1.807) is 0 Å². The molecular formula is C17H23NO3. The number of hydrogen-bond donors (Lipinski definition) is 1. The van der Waals surface area contributed by atoms with Crippen molar-refractivity contribution in [2.24, 2.45) is 11.8 Å². The standard InChI is InChI=1S/C17H23NO3/c1-2-21-17-6-4-3-5-13(17)16(20)11-18-9-12-7-8-15(19)14(12)10-18/h3-6,12,14-15,19H,2,7-11H2,1H3. The molecule has 2 fully saturated rings.